The number of carbonyl (C=O) groups excluding carboxylic acids is 1. The molecular weight excluding hydrogens is 224 g/mol. The number of hydrogen-bond donors (Lipinski definition) is 0. The fraction of sp³-hybridized carbons (Fsp3) is 0.417. The summed E-state index contributed by atoms with van der Waals surface area (Å²) in [4.78, 5) is 11.1. The standard InChI is InChI=1S/C12H16O5/c1-5-17-9-6-10(14-2)12(16-4)11(15-3)8(9)7-13/h6-7H,5H2,1-4H3. The minimum absolute atomic E-state index is 0.310. The van der Waals surface area contributed by atoms with E-state index in [1.54, 1.807) is 6.07 Å². The Morgan fingerprint density at radius 3 is 2.12 bits per heavy atom. The number of ether oxygens (including phenoxy) is 4. The average Bonchev–Trinajstić information content (AvgIpc) is 2.37. The maximum absolute atomic E-state index is 11.1. The Hall–Kier alpha value is -1.91. The molecule has 94 valence electrons. The molecule has 0 N–H and O–H groups in total. The molecule has 17 heavy (non-hydrogen) atoms. The molecule has 0 saturated carbocycles. The van der Waals surface area contributed by atoms with E-state index in [9.17, 15) is 4.79 Å². The zero-order chi connectivity index (χ0) is 12.8. The van der Waals surface area contributed by atoms with Crippen molar-refractivity contribution in [1.29, 1.82) is 0 Å². The number of methoxy groups -OCH3 is 3. The van der Waals surface area contributed by atoms with E-state index in [1.165, 1.54) is 21.3 Å². The van der Waals surface area contributed by atoms with E-state index in [4.69, 9.17) is 18.9 Å². The molecule has 0 amide bonds. The average molecular weight is 240 g/mol. The Morgan fingerprint density at radius 1 is 1.06 bits per heavy atom. The van der Waals surface area contributed by atoms with Gasteiger partial charge in [-0.1, -0.05) is 0 Å². The van der Waals surface area contributed by atoms with Crippen LogP contribution in [-0.2, 0) is 0 Å². The van der Waals surface area contributed by atoms with Gasteiger partial charge in [0.15, 0.2) is 17.8 Å². The van der Waals surface area contributed by atoms with Gasteiger partial charge in [-0.2, -0.15) is 0 Å². The van der Waals surface area contributed by atoms with Crippen molar-refractivity contribution >= 4 is 6.29 Å². The van der Waals surface area contributed by atoms with Crippen LogP contribution in [0, 0.1) is 0 Å². The van der Waals surface area contributed by atoms with E-state index in [2.05, 4.69) is 0 Å². The third-order valence-corrected chi connectivity index (χ3v) is 2.25. The predicted octanol–water partition coefficient (Wildman–Crippen LogP) is 1.92. The Labute approximate surface area is 100 Å². The molecule has 0 fully saturated rings. The number of benzene rings is 1. The molecule has 5 heteroatoms. The number of carbonyl (C=O) groups is 1. The second-order valence-corrected chi connectivity index (χ2v) is 3.11. The molecule has 1 aromatic rings. The third-order valence-electron chi connectivity index (χ3n) is 2.25. The van der Waals surface area contributed by atoms with Crippen LogP contribution in [0.2, 0.25) is 0 Å². The molecule has 0 aliphatic heterocycles. The maximum Gasteiger partial charge on any atom is 0.204 e. The summed E-state index contributed by atoms with van der Waals surface area (Å²) in [6.45, 7) is 2.28. The Kier molecular flexibility index (Phi) is 4.63. The van der Waals surface area contributed by atoms with Crippen LogP contribution in [0.15, 0.2) is 6.07 Å². The molecule has 0 aliphatic carbocycles. The Bertz CT molecular complexity index is 400. The molecular formula is C12H16O5. The maximum atomic E-state index is 11.1. The van der Waals surface area contributed by atoms with Gasteiger partial charge in [-0.25, -0.2) is 0 Å². The first-order chi connectivity index (χ1) is 8.23. The van der Waals surface area contributed by atoms with Gasteiger partial charge in [0, 0.05) is 6.07 Å². The van der Waals surface area contributed by atoms with E-state index in [0.717, 1.165) is 0 Å². The molecule has 0 aromatic heterocycles. The minimum Gasteiger partial charge on any atom is -0.493 e. The van der Waals surface area contributed by atoms with Crippen LogP contribution in [0.4, 0.5) is 0 Å². The first-order valence-electron chi connectivity index (χ1n) is 5.14. The number of hydrogen-bond acceptors (Lipinski definition) is 5. The van der Waals surface area contributed by atoms with Crippen molar-refractivity contribution in [3.8, 4) is 23.0 Å². The second-order valence-electron chi connectivity index (χ2n) is 3.11. The van der Waals surface area contributed by atoms with Crippen LogP contribution in [0.5, 0.6) is 23.0 Å². The quantitative estimate of drug-likeness (QED) is 0.711. The summed E-state index contributed by atoms with van der Waals surface area (Å²) >= 11 is 0. The zero-order valence-electron chi connectivity index (χ0n) is 10.4. The second kappa shape index (κ2) is 5.98. The lowest BCUT2D eigenvalue weighted by Gasteiger charge is -2.16. The van der Waals surface area contributed by atoms with Crippen LogP contribution in [0.25, 0.3) is 0 Å². The van der Waals surface area contributed by atoms with Crippen molar-refractivity contribution in [2.24, 2.45) is 0 Å². The highest BCUT2D eigenvalue weighted by molar-refractivity contribution is 5.87. The number of aldehydes is 1. The van der Waals surface area contributed by atoms with E-state index in [1.807, 2.05) is 6.92 Å². The fourth-order valence-corrected chi connectivity index (χ4v) is 1.54. The first-order valence-corrected chi connectivity index (χ1v) is 5.14. The van der Waals surface area contributed by atoms with E-state index >= 15 is 0 Å². The SMILES string of the molecule is CCOc1cc(OC)c(OC)c(OC)c1C=O. The molecule has 5 nitrogen and oxygen atoms in total. The minimum atomic E-state index is 0.310. The van der Waals surface area contributed by atoms with Crippen LogP contribution in [0.1, 0.15) is 17.3 Å². The van der Waals surface area contributed by atoms with Gasteiger partial charge in [0.25, 0.3) is 0 Å². The summed E-state index contributed by atoms with van der Waals surface area (Å²) in [7, 11) is 4.45. The van der Waals surface area contributed by atoms with E-state index in [0.29, 0.717) is 41.5 Å². The highest BCUT2D eigenvalue weighted by Gasteiger charge is 2.20. The first kappa shape index (κ1) is 13.2. The summed E-state index contributed by atoms with van der Waals surface area (Å²) in [5, 5.41) is 0. The van der Waals surface area contributed by atoms with Gasteiger partial charge in [0.2, 0.25) is 5.75 Å². The number of rotatable bonds is 6. The lowest BCUT2D eigenvalue weighted by Crippen LogP contribution is -2.03. The van der Waals surface area contributed by atoms with Crippen LogP contribution in [-0.4, -0.2) is 34.2 Å². The van der Waals surface area contributed by atoms with Crippen LogP contribution >= 0.6 is 0 Å². The molecule has 0 radical (unpaired) electrons. The monoisotopic (exact) mass is 240 g/mol. The van der Waals surface area contributed by atoms with Crippen molar-refractivity contribution in [3.63, 3.8) is 0 Å². The van der Waals surface area contributed by atoms with Crippen molar-refractivity contribution in [2.75, 3.05) is 27.9 Å². The third kappa shape index (κ3) is 2.43. The molecule has 0 saturated heterocycles. The van der Waals surface area contributed by atoms with Gasteiger partial charge in [0.1, 0.15) is 11.3 Å². The summed E-state index contributed by atoms with van der Waals surface area (Å²) in [6.07, 6.45) is 0.672. The summed E-state index contributed by atoms with van der Waals surface area (Å²) in [5.41, 5.74) is 0.312. The zero-order valence-corrected chi connectivity index (χ0v) is 10.4. The summed E-state index contributed by atoms with van der Waals surface area (Å²) in [6, 6.07) is 1.61. The van der Waals surface area contributed by atoms with Gasteiger partial charge in [-0.15, -0.1) is 0 Å². The molecule has 1 rings (SSSR count). The van der Waals surface area contributed by atoms with Crippen molar-refractivity contribution < 1.29 is 23.7 Å². The predicted molar refractivity (Wildman–Crippen MR) is 62.7 cm³/mol. The highest BCUT2D eigenvalue weighted by Crippen LogP contribution is 2.44. The molecule has 0 unspecified atom stereocenters. The van der Waals surface area contributed by atoms with Gasteiger partial charge in [-0.05, 0) is 6.92 Å². The lowest BCUT2D eigenvalue weighted by molar-refractivity contribution is 0.111. The van der Waals surface area contributed by atoms with Gasteiger partial charge < -0.3 is 18.9 Å². The summed E-state index contributed by atoms with van der Waals surface area (Å²) < 4.78 is 20.9. The molecule has 0 heterocycles. The van der Waals surface area contributed by atoms with Crippen molar-refractivity contribution in [3.05, 3.63) is 11.6 Å². The smallest absolute Gasteiger partial charge is 0.204 e. The molecule has 1 aromatic carbocycles. The van der Waals surface area contributed by atoms with E-state index < -0.39 is 0 Å². The van der Waals surface area contributed by atoms with Crippen LogP contribution in [0.3, 0.4) is 0 Å². The van der Waals surface area contributed by atoms with Crippen molar-refractivity contribution in [2.45, 2.75) is 6.92 Å². The normalized spacial score (nSPS) is 9.65. The van der Waals surface area contributed by atoms with E-state index in [-0.39, 0.29) is 0 Å². The van der Waals surface area contributed by atoms with Gasteiger partial charge >= 0.3 is 0 Å². The lowest BCUT2D eigenvalue weighted by atomic mass is 10.1. The molecule has 0 spiro atoms. The van der Waals surface area contributed by atoms with Gasteiger partial charge in [0.05, 0.1) is 27.9 Å². The topological polar surface area (TPSA) is 54.0 Å². The van der Waals surface area contributed by atoms with Crippen molar-refractivity contribution in [1.82, 2.24) is 0 Å². The highest BCUT2D eigenvalue weighted by atomic mass is 16.5. The summed E-state index contributed by atoms with van der Waals surface area (Å²) in [5.74, 6) is 1.56. The molecule has 0 aliphatic rings. The Morgan fingerprint density at radius 2 is 1.71 bits per heavy atom. The van der Waals surface area contributed by atoms with Gasteiger partial charge in [-0.3, -0.25) is 4.79 Å². The largest absolute Gasteiger partial charge is 0.493 e. The molecule has 0 bridgehead atoms. The van der Waals surface area contributed by atoms with Crippen LogP contribution < -0.4 is 18.9 Å². The molecule has 0 atom stereocenters. The fourth-order valence-electron chi connectivity index (χ4n) is 1.54. The Balaban J connectivity index is 3.48.